The Morgan fingerprint density at radius 1 is 0.776 bits per heavy atom. The minimum atomic E-state index is -4.44. The maximum absolute atomic E-state index is 12.2. The number of nitrogens with two attached hydrogens (primary N) is 1. The molecule has 58 heavy (non-hydrogen) atoms. The Morgan fingerprint density at radius 2 is 1.33 bits per heavy atom. The molecule has 1 saturated carbocycles. The molecule has 0 saturated heterocycles. The molecule has 0 aliphatic heterocycles. The van der Waals surface area contributed by atoms with E-state index in [9.17, 15) is 13.0 Å². The van der Waals surface area contributed by atoms with E-state index in [4.69, 9.17) is 35.3 Å². The summed E-state index contributed by atoms with van der Waals surface area (Å²) >= 11 is 1.65. The predicted molar refractivity (Wildman–Crippen MR) is 234 cm³/mol. The van der Waals surface area contributed by atoms with Gasteiger partial charge in [-0.05, 0) is 77.6 Å². The molecule has 2 aliphatic rings. The van der Waals surface area contributed by atoms with Gasteiger partial charge in [-0.1, -0.05) is 43.2 Å². The third-order valence-corrected chi connectivity index (χ3v) is 12.5. The van der Waals surface area contributed by atoms with Crippen molar-refractivity contribution in [1.29, 1.82) is 0 Å². The first kappa shape index (κ1) is 42.5. The van der Waals surface area contributed by atoms with Crippen LogP contribution >= 0.6 is 11.8 Å². The maximum atomic E-state index is 12.2. The van der Waals surface area contributed by atoms with Gasteiger partial charge >= 0.3 is 0 Å². The fourth-order valence-electron chi connectivity index (χ4n) is 7.38. The Hall–Kier alpha value is -5.13. The van der Waals surface area contributed by atoms with Crippen LogP contribution in [-0.4, -0.2) is 73.6 Å². The van der Waals surface area contributed by atoms with Crippen molar-refractivity contribution in [2.75, 3.05) is 66.6 Å². The molecule has 15 nitrogen and oxygen atoms in total. The maximum Gasteiger partial charge on any atom is 0.295 e. The molecule has 0 spiro atoms. The molecule has 5 N–H and O–H groups in total. The molecular formula is C41H54N10O5S2. The molecule has 6 rings (SSSR count). The summed E-state index contributed by atoms with van der Waals surface area (Å²) in [5.41, 5.74) is 10.9. The third kappa shape index (κ3) is 9.76. The molecule has 0 bridgehead atoms. The summed E-state index contributed by atoms with van der Waals surface area (Å²) in [6.45, 7) is 11.4. The number of anilines is 7. The molecule has 17 heteroatoms. The van der Waals surface area contributed by atoms with Gasteiger partial charge in [0.1, 0.15) is 22.1 Å². The normalized spacial score (nSPS) is 14.3. The number of azo groups is 1. The Kier molecular flexibility index (Phi) is 14.0. The van der Waals surface area contributed by atoms with Gasteiger partial charge in [0.05, 0.1) is 48.3 Å². The highest BCUT2D eigenvalue weighted by Crippen LogP contribution is 2.42. The van der Waals surface area contributed by atoms with Gasteiger partial charge in [0.2, 0.25) is 11.9 Å². The lowest BCUT2D eigenvalue weighted by atomic mass is 10.0. The van der Waals surface area contributed by atoms with Gasteiger partial charge in [0.25, 0.3) is 10.1 Å². The molecule has 0 radical (unpaired) electrons. The number of rotatable bonds is 17. The summed E-state index contributed by atoms with van der Waals surface area (Å²) in [5.74, 6) is 1.87. The number of hydrogen-bond donors (Lipinski definition) is 4. The third-order valence-electron chi connectivity index (χ3n) is 10.4. The average molecular weight is 831 g/mol. The molecule has 0 amide bonds. The van der Waals surface area contributed by atoms with E-state index in [-0.39, 0.29) is 10.8 Å². The van der Waals surface area contributed by atoms with Crippen LogP contribution in [-0.2, 0) is 10.1 Å². The molecule has 3 aromatic carbocycles. The zero-order valence-corrected chi connectivity index (χ0v) is 35.7. The number of fused-ring (bicyclic) bond motifs is 1. The van der Waals surface area contributed by atoms with Crippen molar-refractivity contribution in [3.63, 3.8) is 0 Å². The van der Waals surface area contributed by atoms with E-state index in [2.05, 4.69) is 53.2 Å². The standard InChI is InChI=1S/C41H54N10O5S2/c1-7-50(8-2)34-23-31(29(42)22-36(34)55-5)43-39-45-40(47-41(46-39)57-26-16-12-11-13-17-26)44-32-24-35(51(9-3)10-4)37(56-6)25-33(32)49-48-30-20-21-38(58(52,53)54)28-19-15-14-18-27(28)30/h18-26H,7-17,42H2,1-6H3,(H,52,53,54)(H2,43,44,45,46,47). The van der Waals surface area contributed by atoms with Crippen LogP contribution < -0.4 is 46.1 Å². The highest BCUT2D eigenvalue weighted by atomic mass is 32.2. The molecule has 1 aromatic heterocycles. The number of hydrogen-bond acceptors (Lipinski definition) is 15. The number of aromatic nitrogens is 3. The fraction of sp³-hybridized carbons (Fsp3) is 0.439. The van der Waals surface area contributed by atoms with Gasteiger partial charge in [0, 0.05) is 54.0 Å². The number of thioether (sulfide) groups is 1. The van der Waals surface area contributed by atoms with Gasteiger partial charge in [-0.15, -0.1) is 10.2 Å². The molecule has 310 valence electrons. The van der Waals surface area contributed by atoms with E-state index in [1.807, 2.05) is 18.2 Å². The zero-order chi connectivity index (χ0) is 41.4. The monoisotopic (exact) mass is 830 g/mol. The van der Waals surface area contributed by atoms with Crippen LogP contribution in [0, 0.1) is 0 Å². The fourth-order valence-corrected chi connectivity index (χ4v) is 9.24. The topological polar surface area (TPSA) is 193 Å². The lowest BCUT2D eigenvalue weighted by Crippen LogP contribution is -2.32. The number of nitrogens with one attached hydrogen (secondary N) is 2. The first-order chi connectivity index (χ1) is 28.0. The molecule has 0 unspecified atom stereocenters. The molecular weight excluding hydrogens is 777 g/mol. The van der Waals surface area contributed by atoms with Gasteiger partial charge < -0.3 is 35.6 Å². The Balaban J connectivity index is 1.46. The molecule has 1 heterocycles. The van der Waals surface area contributed by atoms with Crippen LogP contribution in [0.5, 0.6) is 11.5 Å². The van der Waals surface area contributed by atoms with E-state index < -0.39 is 10.1 Å². The summed E-state index contributed by atoms with van der Waals surface area (Å²) in [5, 5.41) is 18.1. The van der Waals surface area contributed by atoms with E-state index >= 15 is 0 Å². The number of benzene rings is 3. The lowest BCUT2D eigenvalue weighted by Gasteiger charge is -2.25. The number of nitrogens with zero attached hydrogens (tertiary/aromatic N) is 7. The first-order valence-electron chi connectivity index (χ1n) is 19.9. The molecule has 0 atom stereocenters. The highest BCUT2D eigenvalue weighted by molar-refractivity contribution is 7.99. The van der Waals surface area contributed by atoms with Gasteiger partial charge in [-0.25, -0.2) is 0 Å². The SMILES string of the molecule is CCN(CC)c1cc(Nc2nc(Nc3cc(N(CC)CC)c(OC)cc3N=Nc3ccc(S(=O)(=O)O)c4c3=CCCC=4)nc(SC3CCCCC3)n2)c(N)cc1OC. The second-order valence-corrected chi connectivity index (χ2v) is 16.6. The summed E-state index contributed by atoms with van der Waals surface area (Å²) < 4.78 is 45.9. The lowest BCUT2D eigenvalue weighted by molar-refractivity contribution is 0.414. The van der Waals surface area contributed by atoms with E-state index in [0.29, 0.717) is 79.6 Å². The van der Waals surface area contributed by atoms with Crippen LogP contribution in [0.1, 0.15) is 72.6 Å². The van der Waals surface area contributed by atoms with Crippen molar-refractivity contribution in [2.45, 2.75) is 87.9 Å². The number of ether oxygens (including phenoxy) is 2. The molecule has 4 aromatic rings. The molecule has 1 fully saturated rings. The average Bonchev–Trinajstić information content (AvgIpc) is 3.22. The Labute approximate surface area is 345 Å². The predicted octanol–water partition coefficient (Wildman–Crippen LogP) is 8.09. The van der Waals surface area contributed by atoms with Crippen molar-refractivity contribution in [2.24, 2.45) is 10.2 Å². The first-order valence-corrected chi connectivity index (χ1v) is 22.2. The highest BCUT2D eigenvalue weighted by Gasteiger charge is 2.22. The van der Waals surface area contributed by atoms with Crippen LogP contribution in [0.2, 0.25) is 0 Å². The smallest absolute Gasteiger partial charge is 0.295 e. The van der Waals surface area contributed by atoms with Gasteiger partial charge in [0.15, 0.2) is 5.16 Å². The van der Waals surface area contributed by atoms with Crippen molar-refractivity contribution in [3.8, 4) is 11.5 Å². The van der Waals surface area contributed by atoms with E-state index in [0.717, 1.165) is 50.4 Å². The van der Waals surface area contributed by atoms with Gasteiger partial charge in [-0.2, -0.15) is 23.4 Å². The summed E-state index contributed by atoms with van der Waals surface area (Å²) in [7, 11) is -1.20. The summed E-state index contributed by atoms with van der Waals surface area (Å²) in [6, 6.07) is 10.4. The van der Waals surface area contributed by atoms with Crippen LogP contribution in [0.25, 0.3) is 12.2 Å². The summed E-state index contributed by atoms with van der Waals surface area (Å²) in [6.07, 6.45) is 10.8. The van der Waals surface area contributed by atoms with Crippen molar-refractivity contribution >= 4 is 85.7 Å². The Bertz CT molecular complexity index is 2360. The van der Waals surface area contributed by atoms with Gasteiger partial charge in [-0.3, -0.25) is 4.55 Å². The number of nitrogen functional groups attached to an aromatic ring is 1. The molecule has 2 aliphatic carbocycles. The largest absolute Gasteiger partial charge is 0.495 e. The van der Waals surface area contributed by atoms with Crippen LogP contribution in [0.3, 0.4) is 0 Å². The van der Waals surface area contributed by atoms with Crippen molar-refractivity contribution in [3.05, 3.63) is 46.8 Å². The van der Waals surface area contributed by atoms with Crippen LogP contribution in [0.15, 0.2) is 56.7 Å². The van der Waals surface area contributed by atoms with Crippen molar-refractivity contribution in [1.82, 2.24) is 15.0 Å². The van der Waals surface area contributed by atoms with Crippen molar-refractivity contribution < 1.29 is 22.4 Å². The Morgan fingerprint density at radius 3 is 1.91 bits per heavy atom. The van der Waals surface area contributed by atoms with E-state index in [1.54, 1.807) is 50.3 Å². The quantitative estimate of drug-likeness (QED) is 0.0453. The minimum Gasteiger partial charge on any atom is -0.495 e. The summed E-state index contributed by atoms with van der Waals surface area (Å²) in [4.78, 5) is 18.9. The van der Waals surface area contributed by atoms with E-state index in [1.165, 1.54) is 25.3 Å². The number of methoxy groups -OCH3 is 2. The second kappa shape index (κ2) is 19.1. The second-order valence-electron chi connectivity index (χ2n) is 14.0. The van der Waals surface area contributed by atoms with Crippen LogP contribution in [0.4, 0.5) is 51.7 Å². The minimum absolute atomic E-state index is 0.160. The zero-order valence-electron chi connectivity index (χ0n) is 34.1.